The average molecular weight is 425 g/mol. The summed E-state index contributed by atoms with van der Waals surface area (Å²) in [5, 5.41) is 3.10. The molecule has 6 nitrogen and oxygen atoms in total. The summed E-state index contributed by atoms with van der Waals surface area (Å²) in [5.74, 6) is 0.0491. The first kappa shape index (κ1) is 22.0. The molecule has 0 unspecified atom stereocenters. The predicted molar refractivity (Wildman–Crippen MR) is 114 cm³/mol. The molecule has 1 N–H and O–H groups in total. The maximum atomic E-state index is 12.9. The smallest absolute Gasteiger partial charge is 0.248 e. The van der Waals surface area contributed by atoms with Gasteiger partial charge in [0.15, 0.2) is 0 Å². The molecule has 2 rings (SSSR count). The average Bonchev–Trinajstić information content (AvgIpc) is 2.57. The molecule has 0 aromatic heterocycles. The van der Waals surface area contributed by atoms with Crippen LogP contribution in [0.1, 0.15) is 24.5 Å². The molecule has 0 fully saturated rings. The van der Waals surface area contributed by atoms with Gasteiger partial charge in [0.25, 0.3) is 0 Å². The standard InChI is InChI=1S/C20H25ClN2O4S/c1-6-18(20(24)22-15-7-8-19(27-4)17(21)12-15)23(28(5,25)26)16-10-13(2)9-14(3)11-16/h7-12,18H,6H2,1-5H3,(H,22,24)/t18-/m0/s1. The van der Waals surface area contributed by atoms with E-state index in [1.807, 2.05) is 19.9 Å². The minimum absolute atomic E-state index is 0.301. The molecule has 0 radical (unpaired) electrons. The summed E-state index contributed by atoms with van der Waals surface area (Å²) < 4.78 is 31.4. The number of halogens is 1. The number of amides is 1. The van der Waals surface area contributed by atoms with Gasteiger partial charge in [-0.15, -0.1) is 0 Å². The number of methoxy groups -OCH3 is 1. The molecule has 8 heteroatoms. The maximum Gasteiger partial charge on any atom is 0.248 e. The van der Waals surface area contributed by atoms with E-state index in [1.54, 1.807) is 37.3 Å². The lowest BCUT2D eigenvalue weighted by molar-refractivity contribution is -0.117. The van der Waals surface area contributed by atoms with Crippen LogP contribution < -0.4 is 14.4 Å². The van der Waals surface area contributed by atoms with Gasteiger partial charge in [0.1, 0.15) is 11.8 Å². The Morgan fingerprint density at radius 2 is 1.79 bits per heavy atom. The lowest BCUT2D eigenvalue weighted by Gasteiger charge is -2.30. The Bertz CT molecular complexity index is 956. The topological polar surface area (TPSA) is 75.7 Å². The predicted octanol–water partition coefficient (Wildman–Crippen LogP) is 4.15. The van der Waals surface area contributed by atoms with E-state index in [2.05, 4.69) is 5.32 Å². The largest absolute Gasteiger partial charge is 0.495 e. The molecule has 0 aliphatic carbocycles. The van der Waals surface area contributed by atoms with Gasteiger partial charge in [0.2, 0.25) is 15.9 Å². The van der Waals surface area contributed by atoms with Crippen LogP contribution in [-0.4, -0.2) is 33.7 Å². The molecule has 0 bridgehead atoms. The first-order valence-corrected chi connectivity index (χ1v) is 11.0. The molecular weight excluding hydrogens is 400 g/mol. The van der Waals surface area contributed by atoms with Crippen molar-refractivity contribution in [2.75, 3.05) is 23.0 Å². The fourth-order valence-corrected chi connectivity index (χ4v) is 4.56. The van der Waals surface area contributed by atoms with Crippen LogP contribution >= 0.6 is 11.6 Å². The van der Waals surface area contributed by atoms with Crippen molar-refractivity contribution in [2.24, 2.45) is 0 Å². The molecule has 0 saturated heterocycles. The number of ether oxygens (including phenoxy) is 1. The molecule has 28 heavy (non-hydrogen) atoms. The number of hydrogen-bond donors (Lipinski definition) is 1. The highest BCUT2D eigenvalue weighted by atomic mass is 35.5. The number of rotatable bonds is 7. The summed E-state index contributed by atoms with van der Waals surface area (Å²) in [4.78, 5) is 12.9. The molecule has 2 aromatic carbocycles. The molecular formula is C20H25ClN2O4S. The highest BCUT2D eigenvalue weighted by Gasteiger charge is 2.31. The Balaban J connectivity index is 2.40. The number of carbonyl (C=O) groups is 1. The molecule has 1 amide bonds. The van der Waals surface area contributed by atoms with E-state index in [4.69, 9.17) is 16.3 Å². The van der Waals surface area contributed by atoms with Crippen LogP contribution in [0.4, 0.5) is 11.4 Å². The number of benzene rings is 2. The summed E-state index contributed by atoms with van der Waals surface area (Å²) in [5.41, 5.74) is 2.76. The van der Waals surface area contributed by atoms with Crippen molar-refractivity contribution < 1.29 is 17.9 Å². The third-order valence-electron chi connectivity index (χ3n) is 4.21. The molecule has 0 aliphatic rings. The molecule has 1 atom stereocenters. The van der Waals surface area contributed by atoms with E-state index in [0.717, 1.165) is 17.4 Å². The van der Waals surface area contributed by atoms with Crippen LogP contribution in [0.25, 0.3) is 0 Å². The Morgan fingerprint density at radius 1 is 1.18 bits per heavy atom. The zero-order valence-corrected chi connectivity index (χ0v) is 18.2. The summed E-state index contributed by atoms with van der Waals surface area (Å²) in [7, 11) is -2.19. The van der Waals surface area contributed by atoms with Gasteiger partial charge in [-0.2, -0.15) is 0 Å². The summed E-state index contributed by atoms with van der Waals surface area (Å²) >= 11 is 6.11. The maximum absolute atomic E-state index is 12.9. The van der Waals surface area contributed by atoms with E-state index in [-0.39, 0.29) is 0 Å². The minimum Gasteiger partial charge on any atom is -0.495 e. The zero-order valence-electron chi connectivity index (χ0n) is 16.6. The van der Waals surface area contributed by atoms with Gasteiger partial charge in [0.05, 0.1) is 24.1 Å². The van der Waals surface area contributed by atoms with Crippen LogP contribution in [0, 0.1) is 13.8 Å². The molecule has 2 aromatic rings. The number of nitrogens with zero attached hydrogens (tertiary/aromatic N) is 1. The SMILES string of the molecule is CC[C@@H](C(=O)Nc1ccc(OC)c(Cl)c1)N(c1cc(C)cc(C)c1)S(C)(=O)=O. The number of aryl methyl sites for hydroxylation is 2. The monoisotopic (exact) mass is 424 g/mol. The van der Waals surface area contributed by atoms with Gasteiger partial charge in [-0.1, -0.05) is 24.6 Å². The second kappa shape index (κ2) is 8.84. The number of anilines is 2. The molecule has 0 aliphatic heterocycles. The number of nitrogens with one attached hydrogen (secondary N) is 1. The van der Waals surface area contributed by atoms with Crippen LogP contribution in [-0.2, 0) is 14.8 Å². The van der Waals surface area contributed by atoms with Gasteiger partial charge in [-0.25, -0.2) is 8.42 Å². The first-order valence-electron chi connectivity index (χ1n) is 8.79. The van der Waals surface area contributed by atoms with Crippen molar-refractivity contribution in [3.63, 3.8) is 0 Å². The second-order valence-electron chi connectivity index (χ2n) is 6.67. The third-order valence-corrected chi connectivity index (χ3v) is 5.69. The van der Waals surface area contributed by atoms with Crippen molar-refractivity contribution in [3.05, 3.63) is 52.5 Å². The number of sulfonamides is 1. The van der Waals surface area contributed by atoms with Crippen molar-refractivity contribution in [1.82, 2.24) is 0 Å². The molecule has 152 valence electrons. The van der Waals surface area contributed by atoms with Gasteiger partial charge in [-0.3, -0.25) is 9.10 Å². The van der Waals surface area contributed by atoms with E-state index in [1.165, 1.54) is 11.4 Å². The van der Waals surface area contributed by atoms with Crippen LogP contribution in [0.2, 0.25) is 5.02 Å². The summed E-state index contributed by atoms with van der Waals surface area (Å²) in [6.07, 6.45) is 1.40. The molecule has 0 spiro atoms. The fraction of sp³-hybridized carbons (Fsp3) is 0.350. The van der Waals surface area contributed by atoms with Crippen molar-refractivity contribution >= 4 is 38.9 Å². The highest BCUT2D eigenvalue weighted by molar-refractivity contribution is 7.92. The summed E-state index contributed by atoms with van der Waals surface area (Å²) in [6, 6.07) is 9.41. The lowest BCUT2D eigenvalue weighted by Crippen LogP contribution is -2.47. The first-order chi connectivity index (χ1) is 13.1. The Kier molecular flexibility index (Phi) is 6.96. The molecule has 0 heterocycles. The number of carbonyl (C=O) groups excluding carboxylic acids is 1. The summed E-state index contributed by atoms with van der Waals surface area (Å²) in [6.45, 7) is 5.54. The minimum atomic E-state index is -3.69. The third kappa shape index (κ3) is 5.17. The van der Waals surface area contributed by atoms with E-state index >= 15 is 0 Å². The highest BCUT2D eigenvalue weighted by Crippen LogP contribution is 2.29. The number of hydrogen-bond acceptors (Lipinski definition) is 4. The normalized spacial score (nSPS) is 12.4. The fourth-order valence-electron chi connectivity index (χ4n) is 3.11. The van der Waals surface area contributed by atoms with Crippen LogP contribution in [0.15, 0.2) is 36.4 Å². The Hall–Kier alpha value is -2.25. The van der Waals surface area contributed by atoms with E-state index in [9.17, 15) is 13.2 Å². The van der Waals surface area contributed by atoms with Crippen LogP contribution in [0.3, 0.4) is 0 Å². The van der Waals surface area contributed by atoms with Crippen LogP contribution in [0.5, 0.6) is 5.75 Å². The zero-order chi connectivity index (χ0) is 21.1. The van der Waals surface area contributed by atoms with Gasteiger partial charge in [-0.05, 0) is 61.7 Å². The second-order valence-corrected chi connectivity index (χ2v) is 8.93. The van der Waals surface area contributed by atoms with Crippen molar-refractivity contribution in [1.29, 1.82) is 0 Å². The van der Waals surface area contributed by atoms with Gasteiger partial charge >= 0.3 is 0 Å². The van der Waals surface area contributed by atoms with Gasteiger partial charge < -0.3 is 10.1 Å². The van der Waals surface area contributed by atoms with Crippen molar-refractivity contribution in [3.8, 4) is 5.75 Å². The van der Waals surface area contributed by atoms with Gasteiger partial charge in [0, 0.05) is 5.69 Å². The molecule has 0 saturated carbocycles. The van der Waals surface area contributed by atoms with Crippen molar-refractivity contribution in [2.45, 2.75) is 33.2 Å². The lowest BCUT2D eigenvalue weighted by atomic mass is 10.1. The quantitative estimate of drug-likeness (QED) is 0.724. The van der Waals surface area contributed by atoms with E-state index < -0.39 is 22.0 Å². The Labute approximate surface area is 171 Å². The Morgan fingerprint density at radius 3 is 2.25 bits per heavy atom. The van der Waals surface area contributed by atoms with E-state index in [0.29, 0.717) is 28.6 Å².